The first-order valence-electron chi connectivity index (χ1n) is 9.82. The Morgan fingerprint density at radius 2 is 1.75 bits per heavy atom. The predicted molar refractivity (Wildman–Crippen MR) is 110 cm³/mol. The van der Waals surface area contributed by atoms with Crippen LogP contribution in [0.4, 0.5) is 0 Å². The highest BCUT2D eigenvalue weighted by molar-refractivity contribution is 6.04. The SMILES string of the molecule is CCN(CC)C(C)c1cccc(OC2Cc3cc(OC)c(OC)cc3C2=O)c1. The number of fused-ring (bicyclic) bond motifs is 1. The lowest BCUT2D eigenvalue weighted by molar-refractivity contribution is 0.0820. The molecule has 1 aliphatic rings. The van der Waals surface area contributed by atoms with Crippen LogP contribution in [0.5, 0.6) is 17.2 Å². The van der Waals surface area contributed by atoms with Gasteiger partial charge in [-0.25, -0.2) is 0 Å². The van der Waals surface area contributed by atoms with Crippen molar-refractivity contribution < 1.29 is 19.0 Å². The molecule has 2 atom stereocenters. The number of benzene rings is 2. The van der Waals surface area contributed by atoms with Crippen LogP contribution in [-0.4, -0.2) is 44.1 Å². The summed E-state index contributed by atoms with van der Waals surface area (Å²) in [5.41, 5.74) is 2.77. The van der Waals surface area contributed by atoms with Crippen molar-refractivity contribution in [3.05, 3.63) is 53.1 Å². The van der Waals surface area contributed by atoms with E-state index in [0.717, 1.165) is 24.4 Å². The van der Waals surface area contributed by atoms with Crippen LogP contribution >= 0.6 is 0 Å². The number of rotatable bonds is 8. The molecule has 0 radical (unpaired) electrons. The van der Waals surface area contributed by atoms with Gasteiger partial charge in [-0.15, -0.1) is 0 Å². The van der Waals surface area contributed by atoms with Crippen LogP contribution in [0.3, 0.4) is 0 Å². The first-order valence-corrected chi connectivity index (χ1v) is 9.82. The van der Waals surface area contributed by atoms with Crippen LogP contribution in [0.2, 0.25) is 0 Å². The van der Waals surface area contributed by atoms with Crippen molar-refractivity contribution in [3.8, 4) is 17.2 Å². The summed E-state index contributed by atoms with van der Waals surface area (Å²) in [4.78, 5) is 15.2. The molecule has 3 rings (SSSR count). The van der Waals surface area contributed by atoms with E-state index in [-0.39, 0.29) is 5.78 Å². The van der Waals surface area contributed by atoms with Gasteiger partial charge in [0.25, 0.3) is 0 Å². The van der Waals surface area contributed by atoms with Gasteiger partial charge in [-0.3, -0.25) is 9.69 Å². The lowest BCUT2D eigenvalue weighted by Gasteiger charge is -2.27. The Kier molecular flexibility index (Phi) is 6.25. The maximum absolute atomic E-state index is 12.9. The molecule has 0 spiro atoms. The highest BCUT2D eigenvalue weighted by Gasteiger charge is 2.34. The van der Waals surface area contributed by atoms with Gasteiger partial charge in [-0.05, 0) is 55.4 Å². The standard InChI is InChI=1S/C23H29NO4/c1-6-24(7-2)15(3)16-9-8-10-18(11-16)28-22-13-17-12-20(26-4)21(27-5)14-19(17)23(22)25/h8-12,14-15,22H,6-7,13H2,1-5H3. The fourth-order valence-electron chi connectivity index (χ4n) is 3.87. The molecule has 5 heteroatoms. The van der Waals surface area contributed by atoms with E-state index < -0.39 is 6.10 Å². The highest BCUT2D eigenvalue weighted by Crippen LogP contribution is 2.36. The highest BCUT2D eigenvalue weighted by atomic mass is 16.5. The monoisotopic (exact) mass is 383 g/mol. The number of hydrogen-bond donors (Lipinski definition) is 0. The molecule has 0 aromatic heterocycles. The van der Waals surface area contributed by atoms with Crippen molar-refractivity contribution in [1.82, 2.24) is 4.90 Å². The zero-order valence-electron chi connectivity index (χ0n) is 17.3. The first-order chi connectivity index (χ1) is 13.5. The first kappa shape index (κ1) is 20.2. The summed E-state index contributed by atoms with van der Waals surface area (Å²) in [7, 11) is 3.16. The van der Waals surface area contributed by atoms with Gasteiger partial charge in [-0.1, -0.05) is 26.0 Å². The van der Waals surface area contributed by atoms with Gasteiger partial charge in [0.05, 0.1) is 14.2 Å². The molecule has 2 unspecified atom stereocenters. The zero-order chi connectivity index (χ0) is 20.3. The molecule has 1 aliphatic carbocycles. The maximum Gasteiger partial charge on any atom is 0.204 e. The minimum atomic E-state index is -0.522. The summed E-state index contributed by atoms with van der Waals surface area (Å²) in [6.07, 6.45) is 0.00970. The largest absolute Gasteiger partial charge is 0.493 e. The van der Waals surface area contributed by atoms with Crippen LogP contribution in [0.15, 0.2) is 36.4 Å². The van der Waals surface area contributed by atoms with Crippen molar-refractivity contribution in [2.45, 2.75) is 39.3 Å². The molecule has 0 saturated carbocycles. The molecule has 0 fully saturated rings. The number of methoxy groups -OCH3 is 2. The van der Waals surface area contributed by atoms with E-state index in [1.807, 2.05) is 24.3 Å². The quantitative estimate of drug-likeness (QED) is 0.680. The maximum atomic E-state index is 12.9. The van der Waals surface area contributed by atoms with Gasteiger partial charge >= 0.3 is 0 Å². The molecule has 28 heavy (non-hydrogen) atoms. The third-order valence-corrected chi connectivity index (χ3v) is 5.55. The van der Waals surface area contributed by atoms with Crippen molar-refractivity contribution in [1.29, 1.82) is 0 Å². The summed E-state index contributed by atoms with van der Waals surface area (Å²) in [6.45, 7) is 8.50. The number of Topliss-reactive ketones (excluding diaryl/α,β-unsaturated/α-hetero) is 1. The number of carbonyl (C=O) groups excluding carboxylic acids is 1. The van der Waals surface area contributed by atoms with Gasteiger partial charge in [0.2, 0.25) is 5.78 Å². The molecule has 5 nitrogen and oxygen atoms in total. The van der Waals surface area contributed by atoms with Crippen LogP contribution in [0.25, 0.3) is 0 Å². The van der Waals surface area contributed by atoms with Gasteiger partial charge < -0.3 is 14.2 Å². The summed E-state index contributed by atoms with van der Waals surface area (Å²) >= 11 is 0. The molecule has 2 aromatic rings. The third kappa shape index (κ3) is 3.85. The summed E-state index contributed by atoms with van der Waals surface area (Å²) < 4.78 is 16.8. The minimum absolute atomic E-state index is 0.0156. The second-order valence-corrected chi connectivity index (χ2v) is 7.01. The van der Waals surface area contributed by atoms with Gasteiger partial charge in [0.15, 0.2) is 17.6 Å². The smallest absolute Gasteiger partial charge is 0.204 e. The molecule has 0 aliphatic heterocycles. The van der Waals surface area contributed by atoms with Crippen LogP contribution in [0.1, 0.15) is 48.3 Å². The Morgan fingerprint density at radius 3 is 2.39 bits per heavy atom. The molecule has 0 bridgehead atoms. The average Bonchev–Trinajstić information content (AvgIpc) is 3.02. The zero-order valence-corrected chi connectivity index (χ0v) is 17.3. The normalized spacial score (nSPS) is 16.8. The Labute approximate surface area is 167 Å². The fourth-order valence-corrected chi connectivity index (χ4v) is 3.87. The Hall–Kier alpha value is -2.53. The van der Waals surface area contributed by atoms with E-state index >= 15 is 0 Å². The van der Waals surface area contributed by atoms with Crippen molar-refractivity contribution in [2.24, 2.45) is 0 Å². The third-order valence-electron chi connectivity index (χ3n) is 5.55. The van der Waals surface area contributed by atoms with E-state index in [2.05, 4.69) is 31.7 Å². The molecule has 0 saturated heterocycles. The Morgan fingerprint density at radius 1 is 1.07 bits per heavy atom. The summed E-state index contributed by atoms with van der Waals surface area (Å²) in [5.74, 6) is 1.90. The Bertz CT molecular complexity index is 844. The van der Waals surface area contributed by atoms with E-state index in [1.54, 1.807) is 20.3 Å². The Balaban J connectivity index is 1.79. The second kappa shape index (κ2) is 8.65. The summed E-state index contributed by atoms with van der Waals surface area (Å²) in [5, 5.41) is 0. The molecule has 0 N–H and O–H groups in total. The topological polar surface area (TPSA) is 48.0 Å². The van der Waals surface area contributed by atoms with Crippen LogP contribution in [-0.2, 0) is 6.42 Å². The number of ketones is 1. The van der Waals surface area contributed by atoms with E-state index in [4.69, 9.17) is 14.2 Å². The lowest BCUT2D eigenvalue weighted by atomic mass is 10.1. The van der Waals surface area contributed by atoms with E-state index in [1.165, 1.54) is 5.56 Å². The predicted octanol–water partition coefficient (Wildman–Crippen LogP) is 4.29. The van der Waals surface area contributed by atoms with Crippen LogP contribution < -0.4 is 14.2 Å². The van der Waals surface area contributed by atoms with Crippen LogP contribution in [0, 0.1) is 0 Å². The molecule has 150 valence electrons. The van der Waals surface area contributed by atoms with Crippen molar-refractivity contribution >= 4 is 5.78 Å². The molecule has 2 aromatic carbocycles. The van der Waals surface area contributed by atoms with Gasteiger partial charge in [0.1, 0.15) is 5.75 Å². The average molecular weight is 383 g/mol. The lowest BCUT2D eigenvalue weighted by Crippen LogP contribution is -2.26. The molecular formula is C23H29NO4. The number of carbonyl (C=O) groups is 1. The molecular weight excluding hydrogens is 354 g/mol. The number of ether oxygens (including phenoxy) is 3. The van der Waals surface area contributed by atoms with Crippen molar-refractivity contribution in [3.63, 3.8) is 0 Å². The van der Waals surface area contributed by atoms with Gasteiger partial charge in [-0.2, -0.15) is 0 Å². The van der Waals surface area contributed by atoms with Gasteiger partial charge in [0, 0.05) is 18.0 Å². The van der Waals surface area contributed by atoms with E-state index in [0.29, 0.717) is 29.5 Å². The minimum Gasteiger partial charge on any atom is -0.493 e. The fraction of sp³-hybridized carbons (Fsp3) is 0.435. The second-order valence-electron chi connectivity index (χ2n) is 7.01. The number of nitrogens with zero attached hydrogens (tertiary/aromatic N) is 1. The molecule has 0 amide bonds. The number of hydrogen-bond acceptors (Lipinski definition) is 5. The van der Waals surface area contributed by atoms with Crippen molar-refractivity contribution in [2.75, 3.05) is 27.3 Å². The summed E-state index contributed by atoms with van der Waals surface area (Å²) in [6, 6.07) is 12.0. The molecule has 0 heterocycles. The van der Waals surface area contributed by atoms with E-state index in [9.17, 15) is 4.79 Å².